The summed E-state index contributed by atoms with van der Waals surface area (Å²) in [5.74, 6) is -2.79. The topological polar surface area (TPSA) is 79.3 Å². The van der Waals surface area contributed by atoms with Crippen molar-refractivity contribution in [3.05, 3.63) is 22.9 Å². The molecule has 0 aliphatic carbocycles. The number of carboxylic acid groups (broad SMARTS) is 1. The molecular weight excluding hydrogens is 264 g/mol. The Hall–Kier alpha value is -1.43. The summed E-state index contributed by atoms with van der Waals surface area (Å²) >= 11 is 3.15. The predicted molar refractivity (Wildman–Crippen MR) is 57.4 cm³/mol. The van der Waals surface area contributed by atoms with Crippen LogP contribution in [0.25, 0.3) is 0 Å². The lowest BCUT2D eigenvalue weighted by molar-refractivity contribution is -0.144. The van der Waals surface area contributed by atoms with Crippen molar-refractivity contribution in [3.8, 4) is 0 Å². The number of carbonyl (C=O) groups excluding carboxylic acids is 1. The Labute approximate surface area is 94.6 Å². The number of rotatable bonds is 3. The zero-order valence-electron chi connectivity index (χ0n) is 7.90. The first-order chi connectivity index (χ1) is 7.00. The Kier molecular flexibility index (Phi) is 3.79. The summed E-state index contributed by atoms with van der Waals surface area (Å²) in [5, 5.41) is 11.0. The van der Waals surface area contributed by atoms with Gasteiger partial charge in [-0.1, -0.05) is 0 Å². The second-order valence-corrected chi connectivity index (χ2v) is 3.73. The van der Waals surface area contributed by atoms with Gasteiger partial charge in [0.15, 0.2) is 0 Å². The first-order valence-corrected chi connectivity index (χ1v) is 4.95. The van der Waals surface area contributed by atoms with Gasteiger partial charge in [-0.05, 0) is 35.0 Å². The van der Waals surface area contributed by atoms with Crippen LogP contribution < -0.4 is 5.32 Å². The average Bonchev–Trinajstić information content (AvgIpc) is 2.20. The maximum atomic E-state index is 11.3. The Morgan fingerprint density at radius 3 is 2.67 bits per heavy atom. The number of pyridine rings is 1. The molecule has 0 aliphatic rings. The van der Waals surface area contributed by atoms with Crippen LogP contribution >= 0.6 is 15.9 Å². The molecule has 0 saturated carbocycles. The summed E-state index contributed by atoms with van der Waals surface area (Å²) < 4.78 is 0.645. The number of hydrogen-bond donors (Lipinski definition) is 2. The Morgan fingerprint density at radius 1 is 1.53 bits per heavy atom. The molecule has 2 N–H and O–H groups in total. The minimum atomic E-state index is -1.16. The SMILES string of the molecule is CC(C(=O)O)C(=O)Nc1ccc(Br)nc1. The van der Waals surface area contributed by atoms with Gasteiger partial charge < -0.3 is 10.4 Å². The number of halogens is 1. The first kappa shape index (κ1) is 11.6. The molecule has 6 heteroatoms. The average molecular weight is 273 g/mol. The Morgan fingerprint density at radius 2 is 2.20 bits per heavy atom. The van der Waals surface area contributed by atoms with Crippen LogP contribution in [0.1, 0.15) is 6.92 Å². The number of carbonyl (C=O) groups is 2. The third-order valence-corrected chi connectivity index (χ3v) is 2.23. The summed E-state index contributed by atoms with van der Waals surface area (Å²) in [5.41, 5.74) is 0.469. The summed E-state index contributed by atoms with van der Waals surface area (Å²) in [6.07, 6.45) is 1.44. The number of aromatic nitrogens is 1. The van der Waals surface area contributed by atoms with E-state index in [9.17, 15) is 9.59 Å². The largest absolute Gasteiger partial charge is 0.481 e. The van der Waals surface area contributed by atoms with Gasteiger partial charge in [-0.2, -0.15) is 0 Å². The highest BCUT2D eigenvalue weighted by molar-refractivity contribution is 9.10. The van der Waals surface area contributed by atoms with Crippen molar-refractivity contribution in [2.45, 2.75) is 6.92 Å². The molecule has 1 amide bonds. The highest BCUT2D eigenvalue weighted by atomic mass is 79.9. The monoisotopic (exact) mass is 272 g/mol. The van der Waals surface area contributed by atoms with Crippen molar-refractivity contribution in [2.24, 2.45) is 5.92 Å². The third-order valence-electron chi connectivity index (χ3n) is 1.76. The number of nitrogens with one attached hydrogen (secondary N) is 1. The van der Waals surface area contributed by atoms with Crippen LogP contribution in [0.5, 0.6) is 0 Å². The molecule has 80 valence electrons. The van der Waals surface area contributed by atoms with Gasteiger partial charge in [0.2, 0.25) is 5.91 Å². The van der Waals surface area contributed by atoms with E-state index in [1.54, 1.807) is 12.1 Å². The molecule has 1 atom stereocenters. The minimum Gasteiger partial charge on any atom is -0.481 e. The van der Waals surface area contributed by atoms with Gasteiger partial charge in [-0.25, -0.2) is 4.98 Å². The van der Waals surface area contributed by atoms with Gasteiger partial charge in [0.05, 0.1) is 11.9 Å². The van der Waals surface area contributed by atoms with E-state index < -0.39 is 17.8 Å². The number of anilines is 1. The Balaban J connectivity index is 2.66. The lowest BCUT2D eigenvalue weighted by atomic mass is 10.1. The van der Waals surface area contributed by atoms with Crippen LogP contribution in [-0.2, 0) is 9.59 Å². The summed E-state index contributed by atoms with van der Waals surface area (Å²) in [4.78, 5) is 25.7. The van der Waals surface area contributed by atoms with Crippen molar-refractivity contribution in [2.75, 3.05) is 5.32 Å². The first-order valence-electron chi connectivity index (χ1n) is 4.16. The minimum absolute atomic E-state index is 0.469. The van der Waals surface area contributed by atoms with Crippen molar-refractivity contribution < 1.29 is 14.7 Å². The third kappa shape index (κ3) is 3.32. The molecular formula is C9H9BrN2O3. The summed E-state index contributed by atoms with van der Waals surface area (Å²) in [6, 6.07) is 3.28. The normalized spacial score (nSPS) is 11.9. The summed E-state index contributed by atoms with van der Waals surface area (Å²) in [7, 11) is 0. The second-order valence-electron chi connectivity index (χ2n) is 2.92. The van der Waals surface area contributed by atoms with Crippen molar-refractivity contribution >= 4 is 33.5 Å². The van der Waals surface area contributed by atoms with E-state index >= 15 is 0 Å². The van der Waals surface area contributed by atoms with E-state index in [-0.39, 0.29) is 0 Å². The molecule has 0 radical (unpaired) electrons. The van der Waals surface area contributed by atoms with Crippen LogP contribution in [0.2, 0.25) is 0 Å². The number of nitrogens with zero attached hydrogens (tertiary/aromatic N) is 1. The lowest BCUT2D eigenvalue weighted by Crippen LogP contribution is -2.26. The van der Waals surface area contributed by atoms with Gasteiger partial charge in [-0.3, -0.25) is 9.59 Å². The quantitative estimate of drug-likeness (QED) is 0.646. The standard InChI is InChI=1S/C9H9BrN2O3/c1-5(9(14)15)8(13)12-6-2-3-7(10)11-4-6/h2-5H,1H3,(H,12,13)(H,14,15). The van der Waals surface area contributed by atoms with Crippen LogP contribution in [0.4, 0.5) is 5.69 Å². The van der Waals surface area contributed by atoms with Gasteiger partial charge in [0, 0.05) is 0 Å². The van der Waals surface area contributed by atoms with E-state index in [0.29, 0.717) is 10.3 Å². The Bertz CT molecular complexity index is 377. The number of amides is 1. The van der Waals surface area contributed by atoms with E-state index in [4.69, 9.17) is 5.11 Å². The van der Waals surface area contributed by atoms with Gasteiger partial charge in [0.25, 0.3) is 0 Å². The zero-order chi connectivity index (χ0) is 11.4. The number of hydrogen-bond acceptors (Lipinski definition) is 3. The number of aliphatic carboxylic acids is 1. The van der Waals surface area contributed by atoms with E-state index in [1.807, 2.05) is 0 Å². The molecule has 0 aromatic carbocycles. The fourth-order valence-electron chi connectivity index (χ4n) is 0.812. The molecule has 0 bridgehead atoms. The molecule has 0 aliphatic heterocycles. The second kappa shape index (κ2) is 4.88. The number of carboxylic acids is 1. The fraction of sp³-hybridized carbons (Fsp3) is 0.222. The molecule has 0 fully saturated rings. The van der Waals surface area contributed by atoms with Gasteiger partial charge in [-0.15, -0.1) is 0 Å². The van der Waals surface area contributed by atoms with Crippen molar-refractivity contribution in [1.82, 2.24) is 4.98 Å². The van der Waals surface area contributed by atoms with Crippen LogP contribution in [-0.4, -0.2) is 22.0 Å². The molecule has 0 saturated heterocycles. The summed E-state index contributed by atoms with van der Waals surface area (Å²) in [6.45, 7) is 1.32. The predicted octanol–water partition coefficient (Wildman–Crippen LogP) is 1.50. The highest BCUT2D eigenvalue weighted by Crippen LogP contribution is 2.11. The van der Waals surface area contributed by atoms with Crippen molar-refractivity contribution in [3.63, 3.8) is 0 Å². The maximum absolute atomic E-state index is 11.3. The molecule has 1 aromatic rings. The molecule has 1 aromatic heterocycles. The molecule has 0 spiro atoms. The molecule has 1 rings (SSSR count). The molecule has 1 heterocycles. The smallest absolute Gasteiger partial charge is 0.315 e. The highest BCUT2D eigenvalue weighted by Gasteiger charge is 2.20. The van der Waals surface area contributed by atoms with E-state index in [0.717, 1.165) is 0 Å². The van der Waals surface area contributed by atoms with Gasteiger partial charge in [0.1, 0.15) is 10.5 Å². The molecule has 5 nitrogen and oxygen atoms in total. The lowest BCUT2D eigenvalue weighted by Gasteiger charge is -2.07. The molecule has 1 unspecified atom stereocenters. The van der Waals surface area contributed by atoms with Crippen LogP contribution in [0.15, 0.2) is 22.9 Å². The maximum Gasteiger partial charge on any atom is 0.315 e. The van der Waals surface area contributed by atoms with Crippen LogP contribution in [0.3, 0.4) is 0 Å². The fourth-order valence-corrected chi connectivity index (χ4v) is 1.05. The van der Waals surface area contributed by atoms with Crippen molar-refractivity contribution in [1.29, 1.82) is 0 Å². The van der Waals surface area contributed by atoms with E-state index in [1.165, 1.54) is 13.1 Å². The van der Waals surface area contributed by atoms with Gasteiger partial charge >= 0.3 is 5.97 Å². The molecule has 15 heavy (non-hydrogen) atoms. The zero-order valence-corrected chi connectivity index (χ0v) is 9.48. The van der Waals surface area contributed by atoms with E-state index in [2.05, 4.69) is 26.2 Å². The van der Waals surface area contributed by atoms with Crippen LogP contribution in [0, 0.1) is 5.92 Å².